The molecule has 0 aliphatic carbocycles. The summed E-state index contributed by atoms with van der Waals surface area (Å²) < 4.78 is 15.6. The van der Waals surface area contributed by atoms with Crippen molar-refractivity contribution >= 4 is 17.4 Å². The second-order valence-electron chi connectivity index (χ2n) is 4.88. The number of aromatic nitrogens is 3. The van der Waals surface area contributed by atoms with E-state index in [2.05, 4.69) is 15.0 Å². The highest BCUT2D eigenvalue weighted by Gasteiger charge is 2.12. The van der Waals surface area contributed by atoms with Gasteiger partial charge in [0.1, 0.15) is 11.5 Å². The zero-order valence-corrected chi connectivity index (χ0v) is 12.1. The number of nitrogens with one attached hydrogen (secondary N) is 1. The van der Waals surface area contributed by atoms with Crippen LogP contribution in [0.5, 0.6) is 0 Å². The molecule has 0 aliphatic rings. The molecule has 0 spiro atoms. The smallest absolute Gasteiger partial charge is 0.214 e. The van der Waals surface area contributed by atoms with Gasteiger partial charge < -0.3 is 15.9 Å². The number of guanidine groups is 1. The Bertz CT molecular complexity index is 913. The van der Waals surface area contributed by atoms with Crippen molar-refractivity contribution in [3.63, 3.8) is 0 Å². The molecular formula is C15H14FN7. The summed E-state index contributed by atoms with van der Waals surface area (Å²) >= 11 is 0. The van der Waals surface area contributed by atoms with Crippen molar-refractivity contribution in [1.82, 2.24) is 14.4 Å². The van der Waals surface area contributed by atoms with Gasteiger partial charge in [-0.05, 0) is 11.6 Å². The van der Waals surface area contributed by atoms with E-state index in [0.29, 0.717) is 22.6 Å². The molecule has 0 saturated heterocycles. The minimum Gasteiger partial charge on any atom is -0.382 e. The van der Waals surface area contributed by atoms with E-state index in [9.17, 15) is 4.39 Å². The molecule has 0 aliphatic heterocycles. The molecule has 3 aromatic rings. The fraction of sp³-hybridized carbons (Fsp3) is 0.0667. The van der Waals surface area contributed by atoms with Gasteiger partial charge in [-0.25, -0.2) is 14.4 Å². The van der Waals surface area contributed by atoms with Crippen LogP contribution in [-0.2, 0) is 6.42 Å². The minimum absolute atomic E-state index is 0.0166. The van der Waals surface area contributed by atoms with Crippen LogP contribution >= 0.6 is 0 Å². The third-order valence-electron chi connectivity index (χ3n) is 3.26. The maximum atomic E-state index is 13.9. The number of aliphatic imine (C=N–C) groups is 1. The number of benzene rings is 1. The lowest BCUT2D eigenvalue weighted by Gasteiger charge is -2.08. The van der Waals surface area contributed by atoms with Crippen LogP contribution in [0.15, 0.2) is 47.8 Å². The summed E-state index contributed by atoms with van der Waals surface area (Å²) in [5.41, 5.74) is 13.0. The summed E-state index contributed by atoms with van der Waals surface area (Å²) in [5.74, 6) is -0.705. The summed E-state index contributed by atoms with van der Waals surface area (Å²) in [5, 5.41) is 7.18. The zero-order chi connectivity index (χ0) is 16.4. The lowest BCUT2D eigenvalue weighted by atomic mass is 10.1. The molecule has 5 N–H and O–H groups in total. The largest absolute Gasteiger partial charge is 0.382 e. The maximum absolute atomic E-state index is 13.9. The number of hydrogen-bond acceptors (Lipinski definition) is 3. The normalized spacial score (nSPS) is 11.8. The summed E-state index contributed by atoms with van der Waals surface area (Å²) in [6.45, 7) is 0. The lowest BCUT2D eigenvalue weighted by molar-refractivity contribution is 0.613. The minimum atomic E-state index is -0.411. The van der Waals surface area contributed by atoms with Gasteiger partial charge in [0, 0.05) is 25.0 Å². The molecule has 0 radical (unpaired) electrons. The molecule has 0 amide bonds. The lowest BCUT2D eigenvalue weighted by Crippen LogP contribution is -2.21. The van der Waals surface area contributed by atoms with Gasteiger partial charge in [-0.2, -0.15) is 4.99 Å². The van der Waals surface area contributed by atoms with E-state index in [4.69, 9.17) is 16.9 Å². The van der Waals surface area contributed by atoms with Crippen LogP contribution in [0.2, 0.25) is 0 Å². The molecule has 2 heterocycles. The molecule has 0 unspecified atom stereocenters. The second-order valence-corrected chi connectivity index (χ2v) is 4.88. The topological polar surface area (TPSA) is 118 Å². The molecule has 0 bridgehead atoms. The average Bonchev–Trinajstić information content (AvgIpc) is 2.97. The van der Waals surface area contributed by atoms with Crippen LogP contribution in [0, 0.1) is 11.2 Å². The standard InChI is InChI=1S/C15H14FN7/c16-10-4-2-1-3-9(10)7-11-14-20-5-6-23(14)8-12(21-11)13(17)22-15(18)19/h1-6,8H,7H2,(H5,17,18,19,22). The Labute approximate surface area is 131 Å². The molecule has 0 atom stereocenters. The van der Waals surface area contributed by atoms with Crippen molar-refractivity contribution in [2.45, 2.75) is 6.42 Å². The number of halogens is 1. The van der Waals surface area contributed by atoms with Gasteiger partial charge in [0.2, 0.25) is 5.96 Å². The van der Waals surface area contributed by atoms with Crippen LogP contribution in [0.25, 0.3) is 5.65 Å². The molecule has 0 saturated carbocycles. The van der Waals surface area contributed by atoms with Gasteiger partial charge >= 0.3 is 0 Å². The van der Waals surface area contributed by atoms with E-state index in [0.717, 1.165) is 0 Å². The molecule has 2 aromatic heterocycles. The summed E-state index contributed by atoms with van der Waals surface area (Å²) in [6.07, 6.45) is 5.24. The Hall–Kier alpha value is -3.29. The van der Waals surface area contributed by atoms with Gasteiger partial charge in [-0.3, -0.25) is 5.41 Å². The van der Waals surface area contributed by atoms with Crippen molar-refractivity contribution in [2.75, 3.05) is 0 Å². The highest BCUT2D eigenvalue weighted by molar-refractivity contribution is 6.02. The Morgan fingerprint density at radius 2 is 2.09 bits per heavy atom. The van der Waals surface area contributed by atoms with Crippen molar-refractivity contribution in [3.8, 4) is 0 Å². The quantitative estimate of drug-likeness (QED) is 0.495. The fourth-order valence-corrected chi connectivity index (χ4v) is 2.25. The first-order valence-corrected chi connectivity index (χ1v) is 6.79. The van der Waals surface area contributed by atoms with E-state index < -0.39 is 5.96 Å². The Balaban J connectivity index is 2.10. The highest BCUT2D eigenvalue weighted by Crippen LogP contribution is 2.16. The Morgan fingerprint density at radius 1 is 1.30 bits per heavy atom. The van der Waals surface area contributed by atoms with Gasteiger partial charge in [0.05, 0.1) is 5.69 Å². The third kappa shape index (κ3) is 3.00. The Morgan fingerprint density at radius 3 is 2.83 bits per heavy atom. The number of rotatable bonds is 3. The fourth-order valence-electron chi connectivity index (χ4n) is 2.25. The first-order chi connectivity index (χ1) is 11.0. The number of imidazole rings is 1. The predicted octanol–water partition coefficient (Wildman–Crippen LogP) is 1.06. The molecule has 7 nitrogen and oxygen atoms in total. The zero-order valence-electron chi connectivity index (χ0n) is 12.1. The maximum Gasteiger partial charge on any atom is 0.214 e. The first kappa shape index (κ1) is 14.6. The molecular weight excluding hydrogens is 297 g/mol. The molecule has 1 aromatic carbocycles. The van der Waals surface area contributed by atoms with E-state index in [1.54, 1.807) is 41.2 Å². The van der Waals surface area contributed by atoms with Crippen molar-refractivity contribution < 1.29 is 4.39 Å². The van der Waals surface area contributed by atoms with E-state index in [1.807, 2.05) is 0 Å². The van der Waals surface area contributed by atoms with Crippen molar-refractivity contribution in [3.05, 3.63) is 65.6 Å². The van der Waals surface area contributed by atoms with Gasteiger partial charge in [-0.1, -0.05) is 18.2 Å². The second kappa shape index (κ2) is 5.84. The summed E-state index contributed by atoms with van der Waals surface area (Å²) in [6, 6.07) is 6.48. The van der Waals surface area contributed by atoms with Gasteiger partial charge in [-0.15, -0.1) is 0 Å². The van der Waals surface area contributed by atoms with Crippen LogP contribution in [0.3, 0.4) is 0 Å². The number of hydrogen-bond donors (Lipinski definition) is 3. The van der Waals surface area contributed by atoms with Crippen LogP contribution in [0.1, 0.15) is 17.0 Å². The third-order valence-corrected chi connectivity index (χ3v) is 3.26. The highest BCUT2D eigenvalue weighted by atomic mass is 19.1. The van der Waals surface area contributed by atoms with Crippen molar-refractivity contribution in [1.29, 1.82) is 5.41 Å². The van der Waals surface area contributed by atoms with E-state index in [-0.39, 0.29) is 18.1 Å². The van der Waals surface area contributed by atoms with Gasteiger partial charge in [0.15, 0.2) is 11.5 Å². The van der Waals surface area contributed by atoms with E-state index >= 15 is 0 Å². The molecule has 0 fully saturated rings. The molecule has 116 valence electrons. The number of fused-ring (bicyclic) bond motifs is 1. The Kier molecular flexibility index (Phi) is 3.71. The molecule has 23 heavy (non-hydrogen) atoms. The average molecular weight is 311 g/mol. The van der Waals surface area contributed by atoms with E-state index in [1.165, 1.54) is 6.07 Å². The van der Waals surface area contributed by atoms with Crippen LogP contribution < -0.4 is 11.5 Å². The number of amidine groups is 1. The van der Waals surface area contributed by atoms with Crippen molar-refractivity contribution in [2.24, 2.45) is 16.5 Å². The molecule has 3 rings (SSSR count). The SMILES string of the molecule is N=C(N)/N=C(\N)c1cn2ccnc2c(Cc2ccccc2F)n1. The monoisotopic (exact) mass is 311 g/mol. The van der Waals surface area contributed by atoms with Crippen LogP contribution in [0.4, 0.5) is 4.39 Å². The van der Waals surface area contributed by atoms with Crippen LogP contribution in [-0.4, -0.2) is 26.2 Å². The summed E-state index contributed by atoms with van der Waals surface area (Å²) in [4.78, 5) is 12.3. The van der Waals surface area contributed by atoms with Gasteiger partial charge in [0.25, 0.3) is 0 Å². The number of nitrogens with two attached hydrogens (primary N) is 2. The molecule has 8 heteroatoms. The first-order valence-electron chi connectivity index (χ1n) is 6.79. The predicted molar refractivity (Wildman–Crippen MR) is 84.8 cm³/mol. The number of nitrogens with zero attached hydrogens (tertiary/aromatic N) is 4. The summed E-state index contributed by atoms with van der Waals surface area (Å²) in [7, 11) is 0.